The molecule has 0 saturated carbocycles. The highest BCUT2D eigenvalue weighted by Crippen LogP contribution is 2.36. The second-order valence-electron chi connectivity index (χ2n) is 14.5. The van der Waals surface area contributed by atoms with Crippen molar-refractivity contribution in [2.45, 2.75) is 58.0 Å². The molecule has 0 aliphatic carbocycles. The number of anilines is 3. The molecular formula is C39H45F3N6O7. The van der Waals surface area contributed by atoms with Gasteiger partial charge < -0.3 is 39.0 Å². The van der Waals surface area contributed by atoms with Gasteiger partial charge in [-0.2, -0.15) is 17.9 Å². The molecule has 16 heteroatoms. The molecule has 13 nitrogen and oxygen atoms in total. The number of rotatable bonds is 9. The highest BCUT2D eigenvalue weighted by molar-refractivity contribution is 6.14. The van der Waals surface area contributed by atoms with Gasteiger partial charge in [0.1, 0.15) is 23.7 Å². The Morgan fingerprint density at radius 3 is 2.35 bits per heavy atom. The van der Waals surface area contributed by atoms with Gasteiger partial charge in [-0.1, -0.05) is 18.2 Å². The normalized spacial score (nSPS) is 15.8. The Hall–Kier alpha value is -5.35. The highest BCUT2D eigenvalue weighted by atomic mass is 19.4. The van der Waals surface area contributed by atoms with Crippen LogP contribution in [0, 0.1) is 0 Å². The number of alkyl halides is 3. The standard InChI is InChI=1S/C39H45F3N6O7/c1-38(2,3)55-37(51)48-31-13-11-28(54-24-25-8-6-7-9-33(25)52-5)23-30(31)34(44-48)43-35(49)29-12-10-27(46-18-16-45(4)17-19-46)22-32(29)47(36(50)39(40,41)42)26-14-20-53-21-15-26/h6-13,22-23,26H,14-21,24H2,1-5H3,(H,43,44,49). The Balaban J connectivity index is 1.42. The van der Waals surface area contributed by atoms with Gasteiger partial charge in [-0.25, -0.2) is 4.79 Å². The molecule has 0 bridgehead atoms. The predicted octanol–water partition coefficient (Wildman–Crippen LogP) is 6.49. The third-order valence-electron chi connectivity index (χ3n) is 9.41. The number of carbonyl (C=O) groups is 3. The lowest BCUT2D eigenvalue weighted by atomic mass is 10.0. The molecule has 3 heterocycles. The summed E-state index contributed by atoms with van der Waals surface area (Å²) < 4.78 is 66.5. The lowest BCUT2D eigenvalue weighted by molar-refractivity contribution is -0.171. The first-order valence-corrected chi connectivity index (χ1v) is 18.0. The number of amides is 2. The van der Waals surface area contributed by atoms with Crippen molar-refractivity contribution in [1.82, 2.24) is 14.7 Å². The fourth-order valence-electron chi connectivity index (χ4n) is 6.61. The Labute approximate surface area is 316 Å². The predicted molar refractivity (Wildman–Crippen MR) is 200 cm³/mol. The van der Waals surface area contributed by atoms with E-state index in [9.17, 15) is 27.6 Å². The van der Waals surface area contributed by atoms with Crippen molar-refractivity contribution < 1.29 is 46.5 Å². The van der Waals surface area contributed by atoms with Crippen LogP contribution in [0.15, 0.2) is 60.7 Å². The van der Waals surface area contributed by atoms with E-state index in [-0.39, 0.29) is 55.2 Å². The van der Waals surface area contributed by atoms with Crippen molar-refractivity contribution in [1.29, 1.82) is 0 Å². The molecule has 1 aromatic heterocycles. The number of ether oxygens (including phenoxy) is 4. The van der Waals surface area contributed by atoms with Crippen LogP contribution >= 0.6 is 0 Å². The van der Waals surface area contributed by atoms with Gasteiger partial charge >= 0.3 is 18.2 Å². The van der Waals surface area contributed by atoms with Gasteiger partial charge in [-0.05, 0) is 83.1 Å². The zero-order valence-electron chi connectivity index (χ0n) is 31.4. The summed E-state index contributed by atoms with van der Waals surface area (Å²) in [6, 6.07) is 15.8. The molecule has 55 heavy (non-hydrogen) atoms. The van der Waals surface area contributed by atoms with Crippen LogP contribution in [-0.4, -0.2) is 104 Å². The summed E-state index contributed by atoms with van der Waals surface area (Å²) in [5.74, 6) is -2.01. The van der Waals surface area contributed by atoms with E-state index >= 15 is 0 Å². The number of piperazine rings is 1. The second-order valence-corrected chi connectivity index (χ2v) is 14.5. The van der Waals surface area contributed by atoms with Crippen LogP contribution in [0.3, 0.4) is 0 Å². The van der Waals surface area contributed by atoms with Gasteiger partial charge in [-0.3, -0.25) is 9.59 Å². The molecule has 2 fully saturated rings. The highest BCUT2D eigenvalue weighted by Gasteiger charge is 2.46. The van der Waals surface area contributed by atoms with Crippen LogP contribution < -0.4 is 24.6 Å². The van der Waals surface area contributed by atoms with Gasteiger partial charge in [0.2, 0.25) is 0 Å². The van der Waals surface area contributed by atoms with Gasteiger partial charge in [0.25, 0.3) is 5.91 Å². The molecule has 2 aliphatic rings. The Bertz CT molecular complexity index is 2030. The Morgan fingerprint density at radius 2 is 1.67 bits per heavy atom. The van der Waals surface area contributed by atoms with Crippen molar-refractivity contribution in [2.24, 2.45) is 0 Å². The first-order valence-electron chi connectivity index (χ1n) is 18.0. The fourth-order valence-corrected chi connectivity index (χ4v) is 6.61. The third-order valence-corrected chi connectivity index (χ3v) is 9.41. The minimum atomic E-state index is -5.22. The number of carbonyl (C=O) groups excluding carboxylic acids is 3. The smallest absolute Gasteiger partial charge is 0.471 e. The first-order chi connectivity index (χ1) is 26.1. The summed E-state index contributed by atoms with van der Waals surface area (Å²) in [6.45, 7) is 8.18. The number of halogens is 3. The second kappa shape index (κ2) is 16.2. The van der Waals surface area contributed by atoms with Crippen LogP contribution in [0.2, 0.25) is 0 Å². The fraction of sp³-hybridized carbons (Fsp3) is 0.436. The van der Waals surface area contributed by atoms with Crippen molar-refractivity contribution in [3.8, 4) is 11.5 Å². The minimum Gasteiger partial charge on any atom is -0.496 e. The van der Waals surface area contributed by atoms with E-state index in [2.05, 4.69) is 15.3 Å². The van der Waals surface area contributed by atoms with Crippen LogP contribution in [-0.2, 0) is 20.9 Å². The molecule has 0 atom stereocenters. The number of hydrogen-bond acceptors (Lipinski definition) is 10. The number of benzene rings is 3. The average Bonchev–Trinajstić information content (AvgIpc) is 3.51. The maximum Gasteiger partial charge on any atom is 0.471 e. The molecule has 3 aromatic carbocycles. The summed E-state index contributed by atoms with van der Waals surface area (Å²) in [4.78, 5) is 45.8. The summed E-state index contributed by atoms with van der Waals surface area (Å²) >= 11 is 0. The van der Waals surface area contributed by atoms with E-state index in [0.29, 0.717) is 40.6 Å². The number of methoxy groups -OCH3 is 1. The molecule has 0 unspecified atom stereocenters. The van der Waals surface area contributed by atoms with E-state index in [4.69, 9.17) is 18.9 Å². The van der Waals surface area contributed by atoms with E-state index in [1.54, 1.807) is 58.2 Å². The average molecular weight is 767 g/mol. The van der Waals surface area contributed by atoms with E-state index in [1.807, 2.05) is 30.1 Å². The number of nitrogens with one attached hydrogen (secondary N) is 1. The quantitative estimate of drug-likeness (QED) is 0.202. The largest absolute Gasteiger partial charge is 0.496 e. The van der Waals surface area contributed by atoms with Crippen molar-refractivity contribution in [2.75, 3.05) is 68.7 Å². The van der Waals surface area contributed by atoms with Crippen molar-refractivity contribution in [3.63, 3.8) is 0 Å². The van der Waals surface area contributed by atoms with Gasteiger partial charge in [0.15, 0.2) is 5.82 Å². The molecule has 1 N–H and O–H groups in total. The molecule has 4 aromatic rings. The van der Waals surface area contributed by atoms with Crippen LogP contribution in [0.1, 0.15) is 49.5 Å². The first kappa shape index (κ1) is 39.3. The van der Waals surface area contributed by atoms with Crippen LogP contribution in [0.5, 0.6) is 11.5 Å². The summed E-state index contributed by atoms with van der Waals surface area (Å²) in [7, 11) is 3.53. The number of aromatic nitrogens is 2. The Morgan fingerprint density at radius 1 is 0.964 bits per heavy atom. The number of likely N-dealkylation sites (N-methyl/N-ethyl adjacent to an activating group) is 1. The summed E-state index contributed by atoms with van der Waals surface area (Å²) in [5, 5.41) is 7.42. The van der Waals surface area contributed by atoms with Crippen molar-refractivity contribution >= 4 is 46.0 Å². The van der Waals surface area contributed by atoms with Gasteiger partial charge in [0, 0.05) is 62.1 Å². The summed E-state index contributed by atoms with van der Waals surface area (Å²) in [6.07, 6.45) is -5.76. The minimum absolute atomic E-state index is 0.0811. The summed E-state index contributed by atoms with van der Waals surface area (Å²) in [5.41, 5.74) is 0.359. The third kappa shape index (κ3) is 9.14. The molecular weight excluding hydrogens is 721 g/mol. The molecule has 0 spiro atoms. The number of para-hydroxylation sites is 1. The zero-order valence-corrected chi connectivity index (χ0v) is 31.4. The van der Waals surface area contributed by atoms with Gasteiger partial charge in [0.05, 0.1) is 23.9 Å². The van der Waals surface area contributed by atoms with E-state index < -0.39 is 35.7 Å². The molecule has 2 saturated heterocycles. The number of hydrogen-bond donors (Lipinski definition) is 1. The monoisotopic (exact) mass is 766 g/mol. The van der Waals surface area contributed by atoms with Crippen LogP contribution in [0.4, 0.5) is 35.2 Å². The molecule has 0 radical (unpaired) electrons. The molecule has 294 valence electrons. The lowest BCUT2D eigenvalue weighted by Crippen LogP contribution is -2.50. The number of nitrogens with zero attached hydrogens (tertiary/aromatic N) is 5. The SMILES string of the molecule is COc1ccccc1COc1ccc2c(c1)c(NC(=O)c1ccc(N3CCN(C)CC3)cc1N(C(=O)C(F)(F)F)C1CCOCC1)nn2C(=O)OC(C)(C)C. The molecule has 6 rings (SSSR count). The maximum atomic E-state index is 14.4. The van der Waals surface area contributed by atoms with Gasteiger partial charge in [-0.15, -0.1) is 5.10 Å². The lowest BCUT2D eigenvalue weighted by Gasteiger charge is -2.37. The van der Waals surface area contributed by atoms with E-state index in [1.165, 1.54) is 12.1 Å². The topological polar surface area (TPSA) is 128 Å². The maximum absolute atomic E-state index is 14.4. The molecule has 2 aliphatic heterocycles. The zero-order chi connectivity index (χ0) is 39.5. The Kier molecular flexibility index (Phi) is 11.6. The van der Waals surface area contributed by atoms with Crippen molar-refractivity contribution in [3.05, 3.63) is 71.8 Å². The molecule has 2 amide bonds. The number of fused-ring (bicyclic) bond motifs is 1. The van der Waals surface area contributed by atoms with E-state index in [0.717, 1.165) is 23.3 Å². The van der Waals surface area contributed by atoms with Crippen LogP contribution in [0.25, 0.3) is 10.9 Å².